The Morgan fingerprint density at radius 3 is 2.68 bits per heavy atom. The first-order valence-electron chi connectivity index (χ1n) is 10.1. The molecule has 0 spiro atoms. The van der Waals surface area contributed by atoms with E-state index in [1.807, 2.05) is 11.8 Å². The first-order chi connectivity index (χ1) is 14.9. The zero-order valence-electron chi connectivity index (χ0n) is 17.4. The molecule has 0 fully saturated rings. The van der Waals surface area contributed by atoms with Gasteiger partial charge >= 0.3 is 0 Å². The molecule has 0 N–H and O–H groups in total. The number of Topliss-reactive ketones (excluding diaryl/α,β-unsaturated/α-hetero) is 1. The molecule has 0 atom stereocenters. The Labute approximate surface area is 179 Å². The maximum atomic E-state index is 14.2. The Kier molecular flexibility index (Phi) is 5.84. The number of anilines is 1. The van der Waals surface area contributed by atoms with Crippen LogP contribution in [-0.2, 0) is 6.42 Å². The van der Waals surface area contributed by atoms with Crippen molar-refractivity contribution in [3.63, 3.8) is 0 Å². The van der Waals surface area contributed by atoms with Crippen LogP contribution in [-0.4, -0.2) is 33.8 Å². The molecule has 0 aliphatic carbocycles. The van der Waals surface area contributed by atoms with E-state index in [9.17, 15) is 13.6 Å². The van der Waals surface area contributed by atoms with E-state index in [2.05, 4.69) is 15.0 Å². The lowest BCUT2D eigenvalue weighted by molar-refractivity contribution is 0.0990. The highest BCUT2D eigenvalue weighted by molar-refractivity contribution is 5.98. The summed E-state index contributed by atoms with van der Waals surface area (Å²) < 4.78 is 27.7. The molecule has 0 bridgehead atoms. The first kappa shape index (κ1) is 20.8. The molecule has 3 aromatic rings. The van der Waals surface area contributed by atoms with Gasteiger partial charge in [0, 0.05) is 31.0 Å². The molecule has 0 radical (unpaired) electrons. The van der Waals surface area contributed by atoms with Crippen LogP contribution in [0.3, 0.4) is 0 Å². The number of rotatable bonds is 5. The highest BCUT2D eigenvalue weighted by Gasteiger charge is 2.22. The van der Waals surface area contributed by atoms with E-state index in [-0.39, 0.29) is 18.0 Å². The second kappa shape index (κ2) is 8.71. The molecular weight excluding hydrogens is 398 g/mol. The van der Waals surface area contributed by atoms with Gasteiger partial charge in [-0.25, -0.2) is 13.8 Å². The lowest BCUT2D eigenvalue weighted by Gasteiger charge is -2.30. The molecule has 1 aliphatic heterocycles. The molecule has 2 aromatic heterocycles. The van der Waals surface area contributed by atoms with Crippen LogP contribution >= 0.6 is 0 Å². The monoisotopic (exact) mass is 420 g/mol. The second-order valence-electron chi connectivity index (χ2n) is 7.69. The molecule has 158 valence electrons. The normalized spacial score (nSPS) is 14.1. The number of carbonyl (C=O) groups is 1. The minimum atomic E-state index is -0.441. The van der Waals surface area contributed by atoms with Crippen LogP contribution < -0.4 is 4.90 Å². The van der Waals surface area contributed by atoms with Crippen molar-refractivity contribution >= 4 is 17.2 Å². The molecule has 0 amide bonds. The van der Waals surface area contributed by atoms with E-state index in [4.69, 9.17) is 0 Å². The Morgan fingerprint density at radius 2 is 1.94 bits per heavy atom. The maximum Gasteiger partial charge on any atom is 0.169 e. The van der Waals surface area contributed by atoms with E-state index < -0.39 is 5.82 Å². The number of benzene rings is 1. The van der Waals surface area contributed by atoms with E-state index in [1.54, 1.807) is 37.6 Å². The third kappa shape index (κ3) is 4.50. The average Bonchev–Trinajstić information content (AvgIpc) is 2.77. The summed E-state index contributed by atoms with van der Waals surface area (Å²) in [4.78, 5) is 27.5. The number of hydrogen-bond acceptors (Lipinski definition) is 5. The first-order valence-corrected chi connectivity index (χ1v) is 10.1. The number of pyridine rings is 1. The van der Waals surface area contributed by atoms with Gasteiger partial charge in [0.25, 0.3) is 0 Å². The minimum absolute atomic E-state index is 0.0425. The van der Waals surface area contributed by atoms with E-state index in [0.29, 0.717) is 35.9 Å². The number of nitrogens with zero attached hydrogens (tertiary/aromatic N) is 4. The molecule has 7 heteroatoms. The van der Waals surface area contributed by atoms with Crippen LogP contribution in [0.25, 0.3) is 5.57 Å². The van der Waals surface area contributed by atoms with Crippen LogP contribution in [0.4, 0.5) is 14.6 Å². The summed E-state index contributed by atoms with van der Waals surface area (Å²) >= 11 is 0. The third-order valence-electron chi connectivity index (χ3n) is 5.52. The predicted octanol–water partition coefficient (Wildman–Crippen LogP) is 4.57. The molecule has 0 saturated carbocycles. The molecule has 1 aliphatic rings. The maximum absolute atomic E-state index is 14.2. The van der Waals surface area contributed by atoms with Gasteiger partial charge in [0.2, 0.25) is 0 Å². The molecule has 0 saturated heterocycles. The Hall–Kier alpha value is -3.48. The fraction of sp³-hybridized carbons (Fsp3) is 0.250. The number of aromatic nitrogens is 3. The topological polar surface area (TPSA) is 59.0 Å². The number of ketones is 1. The summed E-state index contributed by atoms with van der Waals surface area (Å²) in [6, 6.07) is 7.15. The average molecular weight is 420 g/mol. The smallest absolute Gasteiger partial charge is 0.169 e. The summed E-state index contributed by atoms with van der Waals surface area (Å²) in [5.41, 5.74) is 4.42. The second-order valence-corrected chi connectivity index (χ2v) is 7.69. The quantitative estimate of drug-likeness (QED) is 0.566. The summed E-state index contributed by atoms with van der Waals surface area (Å²) in [5.74, 6) is -0.671. The van der Waals surface area contributed by atoms with E-state index >= 15 is 0 Å². The lowest BCUT2D eigenvalue weighted by atomic mass is 9.98. The van der Waals surface area contributed by atoms with Gasteiger partial charge in [0.05, 0.1) is 24.0 Å². The summed E-state index contributed by atoms with van der Waals surface area (Å²) in [5, 5.41) is 0. The van der Waals surface area contributed by atoms with Gasteiger partial charge in [0.1, 0.15) is 5.82 Å². The molecule has 4 rings (SSSR count). The molecule has 1 aromatic carbocycles. The molecule has 3 heterocycles. The van der Waals surface area contributed by atoms with Crippen molar-refractivity contribution in [2.75, 3.05) is 18.0 Å². The van der Waals surface area contributed by atoms with Gasteiger partial charge in [-0.2, -0.15) is 0 Å². The molecule has 0 unspecified atom stereocenters. The van der Waals surface area contributed by atoms with Crippen LogP contribution in [0, 0.1) is 18.6 Å². The molecular formula is C24H22F2N4O. The van der Waals surface area contributed by atoms with Gasteiger partial charge in [-0.05, 0) is 55.7 Å². The number of carbonyl (C=O) groups excluding carboxylic acids is 1. The van der Waals surface area contributed by atoms with Gasteiger partial charge in [-0.1, -0.05) is 11.6 Å². The number of hydrogen-bond donors (Lipinski definition) is 0. The fourth-order valence-electron chi connectivity index (χ4n) is 3.71. The zero-order valence-corrected chi connectivity index (χ0v) is 17.4. The Bertz CT molecular complexity index is 1160. The SMILES string of the molecule is CC1=C(c2cnc(CC(=O)c3cc(F)ccc3C)cn2)CN(c2ncccc2F)CC1. The van der Waals surface area contributed by atoms with Crippen LogP contribution in [0.2, 0.25) is 0 Å². The van der Waals surface area contributed by atoms with Gasteiger partial charge in [-0.3, -0.25) is 14.8 Å². The standard InChI is InChI=1S/C24H22F2N4O/c1-15-5-6-17(25)10-19(15)23(31)11-18-12-29-22(13-28-18)20-14-30(9-7-16(20)2)24-21(26)4-3-8-27-24/h3-6,8,10,12-13H,7,9,11,14H2,1-2H3. The fourth-order valence-corrected chi connectivity index (χ4v) is 3.71. The van der Waals surface area contributed by atoms with Crippen molar-refractivity contribution < 1.29 is 13.6 Å². The van der Waals surface area contributed by atoms with Crippen molar-refractivity contribution in [2.24, 2.45) is 0 Å². The zero-order chi connectivity index (χ0) is 22.0. The van der Waals surface area contributed by atoms with Gasteiger partial charge in [-0.15, -0.1) is 0 Å². The minimum Gasteiger partial charge on any atom is -0.349 e. The van der Waals surface area contributed by atoms with Crippen LogP contribution in [0.5, 0.6) is 0 Å². The predicted molar refractivity (Wildman–Crippen MR) is 115 cm³/mol. The van der Waals surface area contributed by atoms with Crippen molar-refractivity contribution in [3.05, 3.63) is 88.6 Å². The van der Waals surface area contributed by atoms with Crippen molar-refractivity contribution in [1.29, 1.82) is 0 Å². The number of halogens is 2. The van der Waals surface area contributed by atoms with Crippen molar-refractivity contribution in [2.45, 2.75) is 26.7 Å². The highest BCUT2D eigenvalue weighted by atomic mass is 19.1. The van der Waals surface area contributed by atoms with Gasteiger partial charge < -0.3 is 4.90 Å². The Balaban J connectivity index is 1.51. The highest BCUT2D eigenvalue weighted by Crippen LogP contribution is 2.28. The van der Waals surface area contributed by atoms with Crippen LogP contribution in [0.15, 0.2) is 54.5 Å². The Morgan fingerprint density at radius 1 is 1.10 bits per heavy atom. The molecule has 5 nitrogen and oxygen atoms in total. The largest absolute Gasteiger partial charge is 0.349 e. The summed E-state index contributed by atoms with van der Waals surface area (Å²) in [6.07, 6.45) is 5.60. The lowest BCUT2D eigenvalue weighted by Crippen LogP contribution is -2.32. The van der Waals surface area contributed by atoms with E-state index in [0.717, 1.165) is 17.6 Å². The summed E-state index contributed by atoms with van der Waals surface area (Å²) in [6.45, 7) is 4.97. The van der Waals surface area contributed by atoms with Crippen LogP contribution in [0.1, 0.15) is 40.7 Å². The third-order valence-corrected chi connectivity index (χ3v) is 5.52. The summed E-state index contributed by atoms with van der Waals surface area (Å²) in [7, 11) is 0. The van der Waals surface area contributed by atoms with Crippen molar-refractivity contribution in [3.8, 4) is 0 Å². The van der Waals surface area contributed by atoms with Crippen molar-refractivity contribution in [1.82, 2.24) is 15.0 Å². The van der Waals surface area contributed by atoms with E-state index in [1.165, 1.54) is 23.8 Å². The van der Waals surface area contributed by atoms with Gasteiger partial charge in [0.15, 0.2) is 17.4 Å². The molecule has 31 heavy (non-hydrogen) atoms. The number of aryl methyl sites for hydroxylation is 1.